The Bertz CT molecular complexity index is 258. The van der Waals surface area contributed by atoms with Gasteiger partial charge in [-0.15, -0.1) is 0 Å². The fourth-order valence-corrected chi connectivity index (χ4v) is 2.29. The molecule has 1 rings (SSSR count). The molecule has 0 aromatic heterocycles. The van der Waals surface area contributed by atoms with E-state index in [-0.39, 0.29) is 24.0 Å². The molecule has 1 aliphatic heterocycles. The fraction of sp³-hybridized carbons (Fsp3) is 1.00. The van der Waals surface area contributed by atoms with Gasteiger partial charge in [0.1, 0.15) is 0 Å². The fourth-order valence-electron chi connectivity index (χ4n) is 2.29. The minimum atomic E-state index is -4.06. The van der Waals surface area contributed by atoms with Crippen molar-refractivity contribution in [3.05, 3.63) is 0 Å². The average molecular weight is 266 g/mol. The smallest absolute Gasteiger partial charge is 0.312 e. The highest BCUT2D eigenvalue weighted by molar-refractivity contribution is 4.88. The van der Waals surface area contributed by atoms with Crippen LogP contribution in [0.4, 0.5) is 13.2 Å². The number of nitrogens with zero attached hydrogens (tertiary/aromatic N) is 1. The average Bonchev–Trinajstić information content (AvgIpc) is 2.35. The van der Waals surface area contributed by atoms with E-state index in [4.69, 9.17) is 0 Å². The maximum absolute atomic E-state index is 12.3. The molecule has 108 valence electrons. The van der Waals surface area contributed by atoms with Gasteiger partial charge in [0.25, 0.3) is 0 Å². The van der Waals surface area contributed by atoms with E-state index in [1.165, 1.54) is 0 Å². The van der Waals surface area contributed by atoms with Crippen molar-refractivity contribution >= 4 is 0 Å². The first-order valence-electron chi connectivity index (χ1n) is 6.64. The van der Waals surface area contributed by atoms with Crippen molar-refractivity contribution in [2.45, 2.75) is 58.8 Å². The van der Waals surface area contributed by atoms with E-state index in [2.05, 4.69) is 26.1 Å². The van der Waals surface area contributed by atoms with Crippen LogP contribution in [-0.4, -0.2) is 42.8 Å². The Morgan fingerprint density at radius 2 is 1.83 bits per heavy atom. The zero-order chi connectivity index (χ0) is 14.0. The molecule has 2 atom stereocenters. The molecule has 2 nitrogen and oxygen atoms in total. The summed E-state index contributed by atoms with van der Waals surface area (Å²) in [6, 6.07) is 0.461. The van der Waals surface area contributed by atoms with Gasteiger partial charge < -0.3 is 5.32 Å². The lowest BCUT2D eigenvalue weighted by Crippen LogP contribution is -2.47. The lowest BCUT2D eigenvalue weighted by Gasteiger charge is -2.35. The molecule has 0 amide bonds. The number of alkyl halides is 3. The summed E-state index contributed by atoms with van der Waals surface area (Å²) >= 11 is 0. The molecule has 0 aromatic rings. The van der Waals surface area contributed by atoms with Crippen LogP contribution in [0.2, 0.25) is 0 Å². The van der Waals surface area contributed by atoms with E-state index in [0.717, 1.165) is 13.0 Å². The second-order valence-electron chi connectivity index (χ2n) is 6.37. The topological polar surface area (TPSA) is 15.3 Å². The van der Waals surface area contributed by atoms with Crippen LogP contribution in [-0.2, 0) is 0 Å². The van der Waals surface area contributed by atoms with Crippen molar-refractivity contribution in [2.75, 3.05) is 19.6 Å². The first-order valence-corrected chi connectivity index (χ1v) is 6.64. The summed E-state index contributed by atoms with van der Waals surface area (Å²) in [5.41, 5.74) is 0.0700. The zero-order valence-electron chi connectivity index (χ0n) is 11.8. The molecule has 2 unspecified atom stereocenters. The number of hydrogen-bond donors (Lipinski definition) is 1. The van der Waals surface area contributed by atoms with E-state index in [1.807, 2.05) is 11.8 Å². The molecule has 0 bridgehead atoms. The molecule has 0 aliphatic carbocycles. The van der Waals surface area contributed by atoms with Crippen LogP contribution in [0.25, 0.3) is 0 Å². The molecular weight excluding hydrogens is 241 g/mol. The number of nitrogens with one attached hydrogen (secondary N) is 1. The summed E-state index contributed by atoms with van der Waals surface area (Å²) in [6.07, 6.45) is -3.87. The third kappa shape index (κ3) is 5.14. The van der Waals surface area contributed by atoms with E-state index in [1.54, 1.807) is 0 Å². The molecule has 1 heterocycles. The maximum atomic E-state index is 12.3. The van der Waals surface area contributed by atoms with Crippen LogP contribution < -0.4 is 5.32 Å². The van der Waals surface area contributed by atoms with Crippen molar-refractivity contribution in [1.29, 1.82) is 0 Å². The van der Waals surface area contributed by atoms with Crippen LogP contribution in [0.5, 0.6) is 0 Å². The standard InChI is InChI=1S/C13H25F3N2/c1-10-5-7-17-11(12(2,3)4)9-18(10)8-6-13(14,15)16/h10-11,17H,5-9H2,1-4H3. The molecule has 0 aromatic carbocycles. The van der Waals surface area contributed by atoms with E-state index >= 15 is 0 Å². The molecule has 1 fully saturated rings. The highest BCUT2D eigenvalue weighted by Gasteiger charge is 2.33. The lowest BCUT2D eigenvalue weighted by atomic mass is 9.86. The van der Waals surface area contributed by atoms with Crippen LogP contribution in [0, 0.1) is 5.41 Å². The Morgan fingerprint density at radius 3 is 2.33 bits per heavy atom. The van der Waals surface area contributed by atoms with E-state index < -0.39 is 12.6 Å². The Kier molecular flexibility index (Phi) is 5.06. The zero-order valence-corrected chi connectivity index (χ0v) is 11.8. The first kappa shape index (κ1) is 15.8. The number of hydrogen-bond acceptors (Lipinski definition) is 2. The second-order valence-corrected chi connectivity index (χ2v) is 6.37. The Labute approximate surface area is 108 Å². The minimum Gasteiger partial charge on any atom is -0.312 e. The molecular formula is C13H25F3N2. The van der Waals surface area contributed by atoms with Crippen LogP contribution in [0.3, 0.4) is 0 Å². The van der Waals surface area contributed by atoms with Crippen molar-refractivity contribution in [2.24, 2.45) is 5.41 Å². The Morgan fingerprint density at radius 1 is 1.22 bits per heavy atom. The van der Waals surface area contributed by atoms with Gasteiger partial charge in [-0.05, 0) is 25.3 Å². The van der Waals surface area contributed by atoms with Crippen molar-refractivity contribution < 1.29 is 13.2 Å². The third-order valence-corrected chi connectivity index (χ3v) is 3.72. The van der Waals surface area contributed by atoms with Gasteiger partial charge in [0, 0.05) is 25.2 Å². The normalized spacial score (nSPS) is 28.2. The second kappa shape index (κ2) is 5.78. The van der Waals surface area contributed by atoms with Gasteiger partial charge in [-0.1, -0.05) is 20.8 Å². The van der Waals surface area contributed by atoms with Gasteiger partial charge >= 0.3 is 6.18 Å². The molecule has 1 saturated heterocycles. The van der Waals surface area contributed by atoms with Gasteiger partial charge in [-0.3, -0.25) is 4.90 Å². The maximum Gasteiger partial charge on any atom is 0.390 e. The SMILES string of the molecule is CC1CCNC(C(C)(C)C)CN1CCC(F)(F)F. The molecule has 18 heavy (non-hydrogen) atoms. The number of rotatable bonds is 2. The highest BCUT2D eigenvalue weighted by atomic mass is 19.4. The van der Waals surface area contributed by atoms with E-state index in [9.17, 15) is 13.2 Å². The predicted molar refractivity (Wildman–Crippen MR) is 67.6 cm³/mol. The van der Waals surface area contributed by atoms with Crippen LogP contribution in [0.1, 0.15) is 40.5 Å². The van der Waals surface area contributed by atoms with Crippen LogP contribution >= 0.6 is 0 Å². The summed E-state index contributed by atoms with van der Waals surface area (Å²) in [6.45, 7) is 10.1. The Hall–Kier alpha value is -0.290. The molecule has 5 heteroatoms. The van der Waals surface area contributed by atoms with Crippen LogP contribution in [0.15, 0.2) is 0 Å². The molecule has 0 saturated carbocycles. The van der Waals surface area contributed by atoms with Gasteiger partial charge in [0.2, 0.25) is 0 Å². The van der Waals surface area contributed by atoms with Gasteiger partial charge in [0.05, 0.1) is 6.42 Å². The van der Waals surface area contributed by atoms with Gasteiger partial charge in [-0.2, -0.15) is 13.2 Å². The van der Waals surface area contributed by atoms with E-state index in [0.29, 0.717) is 6.54 Å². The number of halogens is 3. The molecule has 0 radical (unpaired) electrons. The van der Waals surface area contributed by atoms with Crippen molar-refractivity contribution in [3.8, 4) is 0 Å². The summed E-state index contributed by atoms with van der Waals surface area (Å²) in [4.78, 5) is 1.98. The predicted octanol–water partition coefficient (Wildman–Crippen LogP) is 3.04. The molecule has 1 aliphatic rings. The summed E-state index contributed by atoms with van der Waals surface area (Å²) in [7, 11) is 0. The minimum absolute atomic E-state index is 0.0700. The largest absolute Gasteiger partial charge is 0.390 e. The molecule has 0 spiro atoms. The van der Waals surface area contributed by atoms with Crippen molar-refractivity contribution in [3.63, 3.8) is 0 Å². The first-order chi connectivity index (χ1) is 8.09. The highest BCUT2D eigenvalue weighted by Crippen LogP contribution is 2.25. The van der Waals surface area contributed by atoms with Gasteiger partial charge in [0.15, 0.2) is 0 Å². The molecule has 1 N–H and O–H groups in total. The van der Waals surface area contributed by atoms with Gasteiger partial charge in [-0.25, -0.2) is 0 Å². The summed E-state index contributed by atoms with van der Waals surface area (Å²) in [5, 5.41) is 3.46. The quantitative estimate of drug-likeness (QED) is 0.826. The lowest BCUT2D eigenvalue weighted by molar-refractivity contribution is -0.139. The Balaban J connectivity index is 2.62. The third-order valence-electron chi connectivity index (χ3n) is 3.72. The van der Waals surface area contributed by atoms with Crippen molar-refractivity contribution in [1.82, 2.24) is 10.2 Å². The summed E-state index contributed by atoms with van der Waals surface area (Å²) in [5.74, 6) is 0. The summed E-state index contributed by atoms with van der Waals surface area (Å²) < 4.78 is 37.0. The monoisotopic (exact) mass is 266 g/mol.